The maximum absolute atomic E-state index is 7.43. The Hall–Kier alpha value is -2.30. The highest BCUT2D eigenvalue weighted by Crippen LogP contribution is 2.20. The van der Waals surface area contributed by atoms with E-state index in [1.807, 2.05) is 29.1 Å². The number of nitrogens with one attached hydrogen (secondary N) is 1. The van der Waals surface area contributed by atoms with Crippen molar-refractivity contribution in [3.8, 4) is 5.75 Å². The van der Waals surface area contributed by atoms with Crippen molar-refractivity contribution in [1.29, 1.82) is 5.41 Å². The zero-order valence-electron chi connectivity index (χ0n) is 9.55. The number of benzene rings is 1. The topological polar surface area (TPSA) is 76.9 Å². The predicted octanol–water partition coefficient (Wildman–Crippen LogP) is 1.22. The average molecular weight is 230 g/mol. The highest BCUT2D eigenvalue weighted by Gasteiger charge is 2.07. The van der Waals surface area contributed by atoms with E-state index in [-0.39, 0.29) is 5.84 Å². The van der Waals surface area contributed by atoms with Crippen LogP contribution < -0.4 is 10.5 Å². The highest BCUT2D eigenvalue weighted by molar-refractivity contribution is 5.97. The normalized spacial score (nSPS) is 10.2. The Morgan fingerprint density at radius 1 is 1.53 bits per heavy atom. The molecule has 0 unspecified atom stereocenters. The van der Waals surface area contributed by atoms with Gasteiger partial charge in [-0.3, -0.25) is 10.1 Å². The third kappa shape index (κ3) is 2.44. The average Bonchev–Trinajstić information content (AvgIpc) is 2.81. The molecular weight excluding hydrogens is 216 g/mol. The van der Waals surface area contributed by atoms with Crippen LogP contribution >= 0.6 is 0 Å². The van der Waals surface area contributed by atoms with Gasteiger partial charge in [0.25, 0.3) is 0 Å². The van der Waals surface area contributed by atoms with E-state index in [4.69, 9.17) is 15.9 Å². The van der Waals surface area contributed by atoms with Gasteiger partial charge in [-0.2, -0.15) is 5.10 Å². The molecule has 1 aromatic carbocycles. The Morgan fingerprint density at radius 2 is 2.35 bits per heavy atom. The first kappa shape index (κ1) is 11.2. The third-order valence-electron chi connectivity index (χ3n) is 2.46. The van der Waals surface area contributed by atoms with Gasteiger partial charge in [0, 0.05) is 12.4 Å². The van der Waals surface area contributed by atoms with Crippen molar-refractivity contribution in [2.75, 3.05) is 7.11 Å². The number of nitrogens with zero attached hydrogens (tertiary/aromatic N) is 2. The summed E-state index contributed by atoms with van der Waals surface area (Å²) in [7, 11) is 1.57. The molecule has 1 aromatic heterocycles. The summed E-state index contributed by atoms with van der Waals surface area (Å²) in [5.41, 5.74) is 7.12. The van der Waals surface area contributed by atoms with Gasteiger partial charge in [0.2, 0.25) is 0 Å². The molecule has 2 aromatic rings. The van der Waals surface area contributed by atoms with Crippen molar-refractivity contribution in [2.24, 2.45) is 5.73 Å². The van der Waals surface area contributed by atoms with E-state index in [2.05, 4.69) is 5.10 Å². The van der Waals surface area contributed by atoms with E-state index in [0.717, 1.165) is 5.56 Å². The van der Waals surface area contributed by atoms with Gasteiger partial charge in [-0.05, 0) is 23.8 Å². The van der Waals surface area contributed by atoms with Gasteiger partial charge in [0.05, 0.1) is 19.2 Å². The second-order valence-electron chi connectivity index (χ2n) is 3.65. The number of amidine groups is 1. The molecule has 0 aliphatic heterocycles. The van der Waals surface area contributed by atoms with Gasteiger partial charge in [0.1, 0.15) is 11.6 Å². The first-order valence-electron chi connectivity index (χ1n) is 5.19. The van der Waals surface area contributed by atoms with Gasteiger partial charge < -0.3 is 10.5 Å². The number of nitrogens with two attached hydrogens (primary N) is 1. The number of hydrogen-bond donors (Lipinski definition) is 2. The van der Waals surface area contributed by atoms with E-state index >= 15 is 0 Å². The van der Waals surface area contributed by atoms with Crippen molar-refractivity contribution in [1.82, 2.24) is 9.78 Å². The van der Waals surface area contributed by atoms with Crippen molar-refractivity contribution >= 4 is 5.84 Å². The van der Waals surface area contributed by atoms with Gasteiger partial charge in [-0.25, -0.2) is 0 Å². The summed E-state index contributed by atoms with van der Waals surface area (Å²) in [4.78, 5) is 0. The van der Waals surface area contributed by atoms with E-state index in [1.165, 1.54) is 0 Å². The molecular formula is C12H14N4O. The second kappa shape index (κ2) is 4.69. The maximum Gasteiger partial charge on any atom is 0.130 e. The summed E-state index contributed by atoms with van der Waals surface area (Å²) in [6.07, 6.45) is 3.63. The fraction of sp³-hybridized carbons (Fsp3) is 0.167. The van der Waals surface area contributed by atoms with Crippen LogP contribution in [0.1, 0.15) is 11.1 Å². The predicted molar refractivity (Wildman–Crippen MR) is 65.3 cm³/mol. The smallest absolute Gasteiger partial charge is 0.130 e. The summed E-state index contributed by atoms with van der Waals surface area (Å²) in [6.45, 7) is 0.668. The molecule has 0 saturated heterocycles. The largest absolute Gasteiger partial charge is 0.496 e. The molecule has 0 aliphatic rings. The molecule has 0 fully saturated rings. The van der Waals surface area contributed by atoms with E-state index in [0.29, 0.717) is 17.9 Å². The first-order chi connectivity index (χ1) is 8.20. The molecule has 0 spiro atoms. The minimum Gasteiger partial charge on any atom is -0.496 e. The molecule has 0 amide bonds. The summed E-state index contributed by atoms with van der Waals surface area (Å²) in [6, 6.07) is 7.46. The molecule has 5 heteroatoms. The zero-order valence-corrected chi connectivity index (χ0v) is 9.55. The summed E-state index contributed by atoms with van der Waals surface area (Å²) in [5, 5.41) is 11.6. The van der Waals surface area contributed by atoms with Crippen LogP contribution in [0, 0.1) is 5.41 Å². The standard InChI is InChI=1S/C12H14N4O/c1-17-11-7-9(3-4-10(11)12(13)14)8-16-6-2-5-15-16/h2-7H,8H2,1H3,(H3,13,14). The Kier molecular flexibility index (Phi) is 3.09. The Morgan fingerprint density at radius 3 is 2.94 bits per heavy atom. The SMILES string of the molecule is COc1cc(Cn2cccn2)ccc1C(=N)N. The van der Waals surface area contributed by atoms with Crippen LogP contribution in [0.4, 0.5) is 0 Å². The number of ether oxygens (including phenoxy) is 1. The van der Waals surface area contributed by atoms with Crippen LogP contribution in [0.2, 0.25) is 0 Å². The van der Waals surface area contributed by atoms with Gasteiger partial charge >= 0.3 is 0 Å². The monoisotopic (exact) mass is 230 g/mol. The lowest BCUT2D eigenvalue weighted by Gasteiger charge is -2.09. The molecule has 5 nitrogen and oxygen atoms in total. The van der Waals surface area contributed by atoms with Crippen molar-refractivity contribution in [3.05, 3.63) is 47.8 Å². The molecule has 1 heterocycles. The fourth-order valence-electron chi connectivity index (χ4n) is 1.64. The molecule has 17 heavy (non-hydrogen) atoms. The van der Waals surface area contributed by atoms with E-state index in [9.17, 15) is 0 Å². The zero-order chi connectivity index (χ0) is 12.3. The number of methoxy groups -OCH3 is 1. The summed E-state index contributed by atoms with van der Waals surface area (Å²) >= 11 is 0. The molecule has 0 atom stereocenters. The lowest BCUT2D eigenvalue weighted by Crippen LogP contribution is -2.13. The summed E-state index contributed by atoms with van der Waals surface area (Å²) < 4.78 is 7.04. The van der Waals surface area contributed by atoms with Gasteiger partial charge in [-0.15, -0.1) is 0 Å². The van der Waals surface area contributed by atoms with Crippen molar-refractivity contribution in [3.63, 3.8) is 0 Å². The quantitative estimate of drug-likeness (QED) is 0.612. The van der Waals surface area contributed by atoms with Crippen molar-refractivity contribution < 1.29 is 4.74 Å². The lowest BCUT2D eigenvalue weighted by atomic mass is 10.1. The molecule has 0 aliphatic carbocycles. The third-order valence-corrected chi connectivity index (χ3v) is 2.46. The number of aromatic nitrogens is 2. The van der Waals surface area contributed by atoms with Crippen LogP contribution in [0.5, 0.6) is 5.75 Å². The second-order valence-corrected chi connectivity index (χ2v) is 3.65. The minimum atomic E-state index is 0.00693. The van der Waals surface area contributed by atoms with E-state index < -0.39 is 0 Å². The Labute approximate surface area is 99.3 Å². The number of rotatable bonds is 4. The molecule has 0 bridgehead atoms. The molecule has 0 saturated carbocycles. The van der Waals surface area contributed by atoms with E-state index in [1.54, 1.807) is 19.4 Å². The van der Waals surface area contributed by atoms with Crippen molar-refractivity contribution in [2.45, 2.75) is 6.54 Å². The first-order valence-corrected chi connectivity index (χ1v) is 5.19. The lowest BCUT2D eigenvalue weighted by molar-refractivity contribution is 0.413. The minimum absolute atomic E-state index is 0.00693. The van der Waals surface area contributed by atoms with Crippen LogP contribution in [0.15, 0.2) is 36.7 Å². The summed E-state index contributed by atoms with van der Waals surface area (Å²) in [5.74, 6) is 0.620. The van der Waals surface area contributed by atoms with Crippen LogP contribution in [0.25, 0.3) is 0 Å². The van der Waals surface area contributed by atoms with Crippen LogP contribution in [0.3, 0.4) is 0 Å². The molecule has 3 N–H and O–H groups in total. The number of hydrogen-bond acceptors (Lipinski definition) is 3. The Balaban J connectivity index is 2.28. The fourth-order valence-corrected chi connectivity index (χ4v) is 1.64. The molecule has 0 radical (unpaired) electrons. The molecule has 88 valence electrons. The Bertz CT molecular complexity index is 519. The maximum atomic E-state index is 7.43. The highest BCUT2D eigenvalue weighted by atomic mass is 16.5. The van der Waals surface area contributed by atoms with Gasteiger partial charge in [0.15, 0.2) is 0 Å². The van der Waals surface area contributed by atoms with Crippen LogP contribution in [-0.4, -0.2) is 22.7 Å². The number of nitrogen functional groups attached to an aromatic ring is 1. The van der Waals surface area contributed by atoms with Crippen LogP contribution in [-0.2, 0) is 6.54 Å². The molecule has 2 rings (SSSR count). The van der Waals surface area contributed by atoms with Gasteiger partial charge in [-0.1, -0.05) is 6.07 Å².